The fourth-order valence-electron chi connectivity index (χ4n) is 1.72. The summed E-state index contributed by atoms with van der Waals surface area (Å²) < 4.78 is 0. The van der Waals surface area contributed by atoms with Crippen LogP contribution in [0.15, 0.2) is 0 Å². The zero-order valence-electron chi connectivity index (χ0n) is 7.92. The number of piperidine rings is 1. The third-order valence-corrected chi connectivity index (χ3v) is 2.43. The van der Waals surface area contributed by atoms with Gasteiger partial charge in [0.15, 0.2) is 0 Å². The molecule has 72 valence electrons. The van der Waals surface area contributed by atoms with Crippen molar-refractivity contribution in [2.75, 3.05) is 33.3 Å². The first kappa shape index (κ1) is 9.96. The maximum absolute atomic E-state index is 8.70. The van der Waals surface area contributed by atoms with E-state index in [-0.39, 0.29) is 6.61 Å². The van der Waals surface area contributed by atoms with Gasteiger partial charge in [-0.05, 0) is 26.4 Å². The Morgan fingerprint density at radius 1 is 1.50 bits per heavy atom. The van der Waals surface area contributed by atoms with Gasteiger partial charge in [-0.2, -0.15) is 0 Å². The SMILES string of the molecule is CN(CCO)CC1CCCCN1. The smallest absolute Gasteiger partial charge is 0.0558 e. The summed E-state index contributed by atoms with van der Waals surface area (Å²) in [4.78, 5) is 2.18. The second-order valence-corrected chi connectivity index (χ2v) is 3.63. The molecule has 3 nitrogen and oxygen atoms in total. The summed E-state index contributed by atoms with van der Waals surface area (Å²) in [5.74, 6) is 0. The minimum atomic E-state index is 0.267. The van der Waals surface area contributed by atoms with Crippen molar-refractivity contribution in [1.82, 2.24) is 10.2 Å². The van der Waals surface area contributed by atoms with E-state index in [0.717, 1.165) is 19.6 Å². The van der Waals surface area contributed by atoms with Crippen LogP contribution in [-0.2, 0) is 0 Å². The molecular formula is C9H20N2O. The summed E-state index contributed by atoms with van der Waals surface area (Å²) >= 11 is 0. The molecule has 1 heterocycles. The molecule has 1 aliphatic heterocycles. The van der Waals surface area contributed by atoms with Crippen molar-refractivity contribution in [1.29, 1.82) is 0 Å². The summed E-state index contributed by atoms with van der Waals surface area (Å²) in [5.41, 5.74) is 0. The molecule has 3 heteroatoms. The van der Waals surface area contributed by atoms with Gasteiger partial charge in [0.05, 0.1) is 6.61 Å². The maximum atomic E-state index is 8.70. The Kier molecular flexibility index (Phi) is 4.58. The first-order chi connectivity index (χ1) is 5.83. The van der Waals surface area contributed by atoms with Crippen LogP contribution in [0, 0.1) is 0 Å². The molecule has 1 aliphatic rings. The Morgan fingerprint density at radius 2 is 2.33 bits per heavy atom. The second kappa shape index (κ2) is 5.51. The van der Waals surface area contributed by atoms with Gasteiger partial charge in [-0.3, -0.25) is 0 Å². The van der Waals surface area contributed by atoms with Gasteiger partial charge in [0.25, 0.3) is 0 Å². The average Bonchev–Trinajstić information content (AvgIpc) is 2.06. The Balaban J connectivity index is 2.11. The Morgan fingerprint density at radius 3 is 2.92 bits per heavy atom. The fraction of sp³-hybridized carbons (Fsp3) is 1.00. The van der Waals surface area contributed by atoms with Crippen LogP contribution < -0.4 is 5.32 Å². The van der Waals surface area contributed by atoms with E-state index in [2.05, 4.69) is 17.3 Å². The third-order valence-electron chi connectivity index (χ3n) is 2.43. The monoisotopic (exact) mass is 172 g/mol. The number of likely N-dealkylation sites (N-methyl/N-ethyl adjacent to an activating group) is 1. The summed E-state index contributed by atoms with van der Waals surface area (Å²) in [6.07, 6.45) is 3.96. The zero-order chi connectivity index (χ0) is 8.81. The molecule has 0 aromatic rings. The number of nitrogens with zero attached hydrogens (tertiary/aromatic N) is 1. The van der Waals surface area contributed by atoms with E-state index in [1.54, 1.807) is 0 Å². The third kappa shape index (κ3) is 3.52. The summed E-state index contributed by atoms with van der Waals surface area (Å²) in [6.45, 7) is 3.29. The van der Waals surface area contributed by atoms with Crippen LogP contribution in [-0.4, -0.2) is 49.3 Å². The molecule has 1 fully saturated rings. The van der Waals surface area contributed by atoms with Crippen LogP contribution in [0.25, 0.3) is 0 Å². The highest BCUT2D eigenvalue weighted by Gasteiger charge is 2.13. The van der Waals surface area contributed by atoms with Crippen LogP contribution >= 0.6 is 0 Å². The summed E-state index contributed by atoms with van der Waals surface area (Å²) in [6, 6.07) is 0.648. The second-order valence-electron chi connectivity index (χ2n) is 3.63. The Hall–Kier alpha value is -0.120. The normalized spacial score (nSPS) is 24.8. The quantitative estimate of drug-likeness (QED) is 0.629. The summed E-state index contributed by atoms with van der Waals surface area (Å²) in [7, 11) is 2.06. The molecule has 1 unspecified atom stereocenters. The number of aliphatic hydroxyl groups is 1. The van der Waals surface area contributed by atoms with Crippen LogP contribution in [0.4, 0.5) is 0 Å². The Labute approximate surface area is 74.8 Å². The van der Waals surface area contributed by atoms with E-state index in [1.807, 2.05) is 0 Å². The maximum Gasteiger partial charge on any atom is 0.0558 e. The van der Waals surface area contributed by atoms with E-state index in [9.17, 15) is 0 Å². The first-order valence-corrected chi connectivity index (χ1v) is 4.85. The summed E-state index contributed by atoms with van der Waals surface area (Å²) in [5, 5.41) is 12.2. The molecule has 0 saturated carbocycles. The van der Waals surface area contributed by atoms with E-state index in [4.69, 9.17) is 5.11 Å². The Bertz CT molecular complexity index is 113. The molecule has 1 atom stereocenters. The van der Waals surface area contributed by atoms with Crippen molar-refractivity contribution in [3.8, 4) is 0 Å². The molecule has 0 aromatic carbocycles. The lowest BCUT2D eigenvalue weighted by Crippen LogP contribution is -2.43. The van der Waals surface area contributed by atoms with E-state index >= 15 is 0 Å². The lowest BCUT2D eigenvalue weighted by Gasteiger charge is -2.27. The molecule has 1 saturated heterocycles. The van der Waals surface area contributed by atoms with Crippen molar-refractivity contribution in [3.05, 3.63) is 0 Å². The van der Waals surface area contributed by atoms with Gasteiger partial charge in [-0.25, -0.2) is 0 Å². The highest BCUT2D eigenvalue weighted by molar-refractivity contribution is 4.74. The minimum Gasteiger partial charge on any atom is -0.395 e. The number of hydrogen-bond acceptors (Lipinski definition) is 3. The predicted octanol–water partition coefficient (Wildman–Crippen LogP) is 0.0526. The van der Waals surface area contributed by atoms with Gasteiger partial charge >= 0.3 is 0 Å². The number of aliphatic hydroxyl groups excluding tert-OH is 1. The van der Waals surface area contributed by atoms with Crippen LogP contribution in [0.1, 0.15) is 19.3 Å². The van der Waals surface area contributed by atoms with Gasteiger partial charge in [0.1, 0.15) is 0 Å². The van der Waals surface area contributed by atoms with E-state index in [1.165, 1.54) is 19.3 Å². The molecule has 0 aliphatic carbocycles. The molecule has 0 spiro atoms. The largest absolute Gasteiger partial charge is 0.395 e. The zero-order valence-corrected chi connectivity index (χ0v) is 7.92. The number of nitrogens with one attached hydrogen (secondary N) is 1. The average molecular weight is 172 g/mol. The van der Waals surface area contributed by atoms with Crippen molar-refractivity contribution in [2.45, 2.75) is 25.3 Å². The van der Waals surface area contributed by atoms with Crippen molar-refractivity contribution in [3.63, 3.8) is 0 Å². The van der Waals surface area contributed by atoms with Gasteiger partial charge in [0.2, 0.25) is 0 Å². The van der Waals surface area contributed by atoms with Crippen molar-refractivity contribution < 1.29 is 5.11 Å². The lowest BCUT2D eigenvalue weighted by atomic mass is 10.0. The molecule has 0 radical (unpaired) electrons. The van der Waals surface area contributed by atoms with Crippen LogP contribution in [0.5, 0.6) is 0 Å². The number of hydrogen-bond donors (Lipinski definition) is 2. The standard InChI is InChI=1S/C9H20N2O/c1-11(6-7-12)8-9-4-2-3-5-10-9/h9-10,12H,2-8H2,1H3. The first-order valence-electron chi connectivity index (χ1n) is 4.85. The molecule has 0 aromatic heterocycles. The van der Waals surface area contributed by atoms with Crippen molar-refractivity contribution >= 4 is 0 Å². The molecule has 0 amide bonds. The molecule has 12 heavy (non-hydrogen) atoms. The molecule has 2 N–H and O–H groups in total. The highest BCUT2D eigenvalue weighted by Crippen LogP contribution is 2.07. The molecule has 0 bridgehead atoms. The highest BCUT2D eigenvalue weighted by atomic mass is 16.3. The number of rotatable bonds is 4. The fourth-order valence-corrected chi connectivity index (χ4v) is 1.72. The van der Waals surface area contributed by atoms with Crippen molar-refractivity contribution in [2.24, 2.45) is 0 Å². The van der Waals surface area contributed by atoms with Crippen LogP contribution in [0.2, 0.25) is 0 Å². The lowest BCUT2D eigenvalue weighted by molar-refractivity contribution is 0.200. The van der Waals surface area contributed by atoms with Gasteiger partial charge in [-0.1, -0.05) is 6.42 Å². The minimum absolute atomic E-state index is 0.267. The topological polar surface area (TPSA) is 35.5 Å². The molecule has 1 rings (SSSR count). The van der Waals surface area contributed by atoms with Crippen LogP contribution in [0.3, 0.4) is 0 Å². The van der Waals surface area contributed by atoms with Gasteiger partial charge in [0, 0.05) is 19.1 Å². The van der Waals surface area contributed by atoms with Gasteiger partial charge < -0.3 is 15.3 Å². The van der Waals surface area contributed by atoms with E-state index in [0.29, 0.717) is 6.04 Å². The molecular weight excluding hydrogens is 152 g/mol. The van der Waals surface area contributed by atoms with Gasteiger partial charge in [-0.15, -0.1) is 0 Å². The predicted molar refractivity (Wildman–Crippen MR) is 50.2 cm³/mol. The van der Waals surface area contributed by atoms with E-state index < -0.39 is 0 Å².